The maximum absolute atomic E-state index is 13.2. The van der Waals surface area contributed by atoms with Crippen molar-refractivity contribution in [2.45, 2.75) is 0 Å². The maximum Gasteiger partial charge on any atom is 0.197 e. The molecule has 0 radical (unpaired) electrons. The van der Waals surface area contributed by atoms with Crippen molar-refractivity contribution in [1.82, 2.24) is 19.7 Å². The zero-order chi connectivity index (χ0) is 17.3. The third kappa shape index (κ3) is 3.71. The molecule has 0 saturated carbocycles. The van der Waals surface area contributed by atoms with Gasteiger partial charge in [-0.2, -0.15) is 5.10 Å². The number of nitrogens with zero attached hydrogens (tertiary/aromatic N) is 4. The van der Waals surface area contributed by atoms with E-state index in [4.69, 9.17) is 0 Å². The van der Waals surface area contributed by atoms with Crippen molar-refractivity contribution in [1.29, 1.82) is 0 Å². The molecule has 7 nitrogen and oxygen atoms in total. The maximum atomic E-state index is 13.2. The molecule has 3 aromatic heterocycles. The number of sulfone groups is 1. The number of ketones is 1. The van der Waals surface area contributed by atoms with Gasteiger partial charge in [0.25, 0.3) is 0 Å². The van der Waals surface area contributed by atoms with Crippen molar-refractivity contribution in [2.75, 3.05) is 12.0 Å². The number of pyridine rings is 1. The van der Waals surface area contributed by atoms with Gasteiger partial charge in [-0.25, -0.2) is 22.5 Å². The van der Waals surface area contributed by atoms with Gasteiger partial charge in [0, 0.05) is 29.5 Å². The van der Waals surface area contributed by atoms with Crippen LogP contribution in [0.25, 0.3) is 16.3 Å². The SMILES string of the molecule is CS(=O)(=O)CC(=O)c1csc(-c2cnn(-c3cncc(F)c3)c2)n1. The molecule has 3 rings (SSSR count). The van der Waals surface area contributed by atoms with E-state index in [1.54, 1.807) is 6.20 Å². The van der Waals surface area contributed by atoms with Gasteiger partial charge in [0.2, 0.25) is 0 Å². The van der Waals surface area contributed by atoms with E-state index in [1.165, 1.54) is 39.9 Å². The van der Waals surface area contributed by atoms with E-state index >= 15 is 0 Å². The molecular formula is C14H11FN4O3S2. The highest BCUT2D eigenvalue weighted by Gasteiger charge is 2.17. The van der Waals surface area contributed by atoms with Gasteiger partial charge in [0.15, 0.2) is 15.6 Å². The van der Waals surface area contributed by atoms with Gasteiger partial charge in [-0.1, -0.05) is 0 Å². The van der Waals surface area contributed by atoms with Crippen LogP contribution in [0.15, 0.2) is 36.2 Å². The fourth-order valence-electron chi connectivity index (χ4n) is 1.95. The Morgan fingerprint density at radius 2 is 2.12 bits per heavy atom. The minimum atomic E-state index is -3.41. The van der Waals surface area contributed by atoms with Crippen LogP contribution >= 0.6 is 11.3 Å². The first-order chi connectivity index (χ1) is 11.3. The number of carbonyl (C=O) groups excluding carboxylic acids is 1. The second kappa shape index (κ2) is 6.21. The number of hydrogen-bond donors (Lipinski definition) is 0. The number of carbonyl (C=O) groups is 1. The Bertz CT molecular complexity index is 1010. The Morgan fingerprint density at radius 3 is 2.83 bits per heavy atom. The first-order valence-electron chi connectivity index (χ1n) is 6.64. The van der Waals surface area contributed by atoms with Crippen LogP contribution in [0.1, 0.15) is 10.5 Å². The summed E-state index contributed by atoms with van der Waals surface area (Å²) in [6.07, 6.45) is 6.70. The highest BCUT2D eigenvalue weighted by Crippen LogP contribution is 2.24. The predicted molar refractivity (Wildman–Crippen MR) is 86.5 cm³/mol. The minimum absolute atomic E-state index is 0.0978. The number of thiazole rings is 1. The number of halogens is 1. The van der Waals surface area contributed by atoms with E-state index in [0.29, 0.717) is 16.3 Å². The van der Waals surface area contributed by atoms with Crippen molar-refractivity contribution in [2.24, 2.45) is 0 Å². The predicted octanol–water partition coefficient (Wildman–Crippen LogP) is 1.76. The first kappa shape index (κ1) is 16.4. The van der Waals surface area contributed by atoms with Crippen LogP contribution in [-0.4, -0.2) is 46.0 Å². The van der Waals surface area contributed by atoms with Crippen molar-refractivity contribution in [3.63, 3.8) is 0 Å². The molecule has 0 saturated heterocycles. The lowest BCUT2D eigenvalue weighted by atomic mass is 10.3. The fourth-order valence-corrected chi connectivity index (χ4v) is 3.37. The van der Waals surface area contributed by atoms with E-state index in [-0.39, 0.29) is 5.69 Å². The molecule has 0 N–H and O–H groups in total. The van der Waals surface area contributed by atoms with Crippen LogP contribution in [-0.2, 0) is 9.84 Å². The number of aromatic nitrogens is 4. The van der Waals surface area contributed by atoms with Gasteiger partial charge in [0.1, 0.15) is 22.3 Å². The Hall–Kier alpha value is -2.46. The third-order valence-corrected chi connectivity index (χ3v) is 4.65. The molecule has 3 aromatic rings. The average molecular weight is 366 g/mol. The van der Waals surface area contributed by atoms with E-state index in [1.807, 2.05) is 0 Å². The monoisotopic (exact) mass is 366 g/mol. The smallest absolute Gasteiger partial charge is 0.197 e. The molecule has 10 heteroatoms. The van der Waals surface area contributed by atoms with Gasteiger partial charge in [0.05, 0.1) is 24.3 Å². The summed E-state index contributed by atoms with van der Waals surface area (Å²) in [5.74, 6) is -1.61. The molecule has 0 fully saturated rings. The Labute approximate surface area is 140 Å². The van der Waals surface area contributed by atoms with E-state index < -0.39 is 27.2 Å². The molecule has 0 atom stereocenters. The second-order valence-corrected chi connectivity index (χ2v) is 8.06. The molecular weight excluding hydrogens is 355 g/mol. The lowest BCUT2D eigenvalue weighted by Gasteiger charge is -1.99. The summed E-state index contributed by atoms with van der Waals surface area (Å²) in [4.78, 5) is 19.8. The Balaban J connectivity index is 1.85. The van der Waals surface area contributed by atoms with E-state index in [9.17, 15) is 17.6 Å². The molecule has 0 amide bonds. The van der Waals surface area contributed by atoms with Crippen molar-refractivity contribution in [3.05, 3.63) is 47.7 Å². The summed E-state index contributed by atoms with van der Waals surface area (Å²) in [6, 6.07) is 1.28. The van der Waals surface area contributed by atoms with E-state index in [2.05, 4.69) is 15.1 Å². The van der Waals surface area contributed by atoms with Gasteiger partial charge < -0.3 is 0 Å². The summed E-state index contributed by atoms with van der Waals surface area (Å²) >= 11 is 1.20. The highest BCUT2D eigenvalue weighted by molar-refractivity contribution is 7.91. The molecule has 124 valence electrons. The lowest BCUT2D eigenvalue weighted by molar-refractivity contribution is 0.101. The molecule has 0 spiro atoms. The molecule has 0 unspecified atom stereocenters. The third-order valence-electron chi connectivity index (χ3n) is 2.97. The van der Waals surface area contributed by atoms with Crippen molar-refractivity contribution >= 4 is 27.0 Å². The molecule has 3 heterocycles. The van der Waals surface area contributed by atoms with Crippen molar-refractivity contribution in [3.8, 4) is 16.3 Å². The van der Waals surface area contributed by atoms with Gasteiger partial charge >= 0.3 is 0 Å². The number of Topliss-reactive ketones (excluding diaryl/α,β-unsaturated/α-hetero) is 1. The van der Waals surface area contributed by atoms with Gasteiger partial charge in [-0.15, -0.1) is 11.3 Å². The van der Waals surface area contributed by atoms with E-state index in [0.717, 1.165) is 12.5 Å². The summed E-state index contributed by atoms with van der Waals surface area (Å²) in [5, 5.41) is 6.13. The van der Waals surface area contributed by atoms with Crippen LogP contribution in [0.4, 0.5) is 4.39 Å². The highest BCUT2D eigenvalue weighted by atomic mass is 32.2. The quantitative estimate of drug-likeness (QED) is 0.639. The van der Waals surface area contributed by atoms with Crippen LogP contribution in [0, 0.1) is 5.82 Å². The normalized spacial score (nSPS) is 11.6. The zero-order valence-electron chi connectivity index (χ0n) is 12.4. The molecule has 0 bridgehead atoms. The number of hydrogen-bond acceptors (Lipinski definition) is 7. The molecule has 0 aromatic carbocycles. The van der Waals surface area contributed by atoms with Crippen LogP contribution in [0.2, 0.25) is 0 Å². The zero-order valence-corrected chi connectivity index (χ0v) is 14.0. The van der Waals surface area contributed by atoms with Gasteiger partial charge in [-0.05, 0) is 0 Å². The lowest BCUT2D eigenvalue weighted by Crippen LogP contribution is -2.14. The second-order valence-electron chi connectivity index (χ2n) is 5.07. The summed E-state index contributed by atoms with van der Waals surface area (Å²) in [5.41, 5.74) is 1.18. The standard InChI is InChI=1S/C14H11FN4O3S2/c1-24(21,22)8-13(20)12-7-23-14(18-12)9-3-17-19(6-9)11-2-10(15)4-16-5-11/h2-7H,8H2,1H3. The number of rotatable bonds is 5. The van der Waals surface area contributed by atoms with Crippen LogP contribution in [0.3, 0.4) is 0 Å². The Kier molecular flexibility index (Phi) is 4.24. The molecule has 0 aliphatic rings. The fraction of sp³-hybridized carbons (Fsp3) is 0.143. The van der Waals surface area contributed by atoms with Gasteiger partial charge in [-0.3, -0.25) is 9.78 Å². The summed E-state index contributed by atoms with van der Waals surface area (Å²) < 4.78 is 37.0. The Morgan fingerprint density at radius 1 is 1.33 bits per heavy atom. The van der Waals surface area contributed by atoms with Crippen LogP contribution < -0.4 is 0 Å². The summed E-state index contributed by atoms with van der Waals surface area (Å²) in [6.45, 7) is 0. The van der Waals surface area contributed by atoms with Crippen LogP contribution in [0.5, 0.6) is 0 Å². The topological polar surface area (TPSA) is 94.8 Å². The largest absolute Gasteiger partial charge is 0.291 e. The summed E-state index contributed by atoms with van der Waals surface area (Å²) in [7, 11) is -3.41. The minimum Gasteiger partial charge on any atom is -0.291 e. The molecule has 0 aliphatic carbocycles. The average Bonchev–Trinajstić information content (AvgIpc) is 3.15. The van der Waals surface area contributed by atoms with Crippen molar-refractivity contribution < 1.29 is 17.6 Å². The molecule has 0 aliphatic heterocycles. The first-order valence-corrected chi connectivity index (χ1v) is 9.58. The molecule has 24 heavy (non-hydrogen) atoms.